The Morgan fingerprint density at radius 1 is 1.02 bits per heavy atom. The molecule has 234 valence electrons. The van der Waals surface area contributed by atoms with Crippen LogP contribution in [0.2, 0.25) is 0 Å². The van der Waals surface area contributed by atoms with Crippen LogP contribution in [-0.2, 0) is 30.6 Å². The second-order valence-corrected chi connectivity index (χ2v) is 12.0. The molecule has 1 unspecified atom stereocenters. The molecule has 3 aliphatic heterocycles. The van der Waals surface area contributed by atoms with Crippen molar-refractivity contribution in [1.29, 1.82) is 0 Å². The van der Waals surface area contributed by atoms with Gasteiger partial charge >= 0.3 is 12.2 Å². The number of hydrogen-bond donors (Lipinski definition) is 0. The number of fused-ring (bicyclic) bond motifs is 1. The van der Waals surface area contributed by atoms with E-state index in [9.17, 15) is 27.2 Å². The third kappa shape index (κ3) is 5.73. The first-order valence-electron chi connectivity index (χ1n) is 15.1. The third-order valence-electron chi connectivity index (χ3n) is 9.13. The molecule has 1 aromatic heterocycles. The number of piperidine rings is 1. The number of benzene rings is 2. The molecule has 3 amide bonds. The quantitative estimate of drug-likeness (QED) is 0.322. The van der Waals surface area contributed by atoms with Gasteiger partial charge in [-0.25, -0.2) is 9.18 Å². The average molecular weight is 613 g/mol. The van der Waals surface area contributed by atoms with Crippen molar-refractivity contribution in [2.75, 3.05) is 29.4 Å². The van der Waals surface area contributed by atoms with Crippen molar-refractivity contribution >= 4 is 23.4 Å². The van der Waals surface area contributed by atoms with Gasteiger partial charge in [-0.05, 0) is 55.9 Å². The number of rotatable bonds is 6. The number of anilines is 2. The van der Waals surface area contributed by atoms with E-state index in [4.69, 9.17) is 5.10 Å². The maximum absolute atomic E-state index is 14.7. The van der Waals surface area contributed by atoms with Gasteiger partial charge in [0.1, 0.15) is 5.82 Å². The second-order valence-electron chi connectivity index (χ2n) is 12.0. The van der Waals surface area contributed by atoms with Gasteiger partial charge in [0.15, 0.2) is 5.82 Å². The highest BCUT2D eigenvalue weighted by molar-refractivity contribution is 5.94. The average Bonchev–Trinajstić information content (AvgIpc) is 3.61. The summed E-state index contributed by atoms with van der Waals surface area (Å²) in [5, 5.41) is 4.70. The summed E-state index contributed by atoms with van der Waals surface area (Å²) in [5.74, 6) is 0.0535. The number of aryl methyl sites for hydroxylation is 1. The van der Waals surface area contributed by atoms with Crippen molar-refractivity contribution < 1.29 is 27.2 Å². The van der Waals surface area contributed by atoms with E-state index in [0.717, 1.165) is 30.0 Å². The Bertz CT molecular complexity index is 1530. The smallest absolute Gasteiger partial charge is 0.369 e. The largest absolute Gasteiger partial charge is 0.416 e. The Labute approximate surface area is 253 Å². The second kappa shape index (κ2) is 11.8. The number of alkyl halides is 3. The van der Waals surface area contributed by atoms with Crippen LogP contribution < -0.4 is 9.80 Å². The molecule has 44 heavy (non-hydrogen) atoms. The molecule has 12 heteroatoms. The molecule has 0 radical (unpaired) electrons. The maximum atomic E-state index is 14.7. The highest BCUT2D eigenvalue weighted by Crippen LogP contribution is 2.37. The molecular formula is C32H36F4N6O2. The number of aromatic nitrogens is 2. The third-order valence-corrected chi connectivity index (χ3v) is 9.13. The van der Waals surface area contributed by atoms with E-state index < -0.39 is 17.8 Å². The zero-order valence-corrected chi connectivity index (χ0v) is 24.9. The number of carbonyl (C=O) groups excluding carboxylic acids is 2. The van der Waals surface area contributed by atoms with E-state index in [1.807, 2.05) is 29.0 Å². The molecule has 3 aromatic rings. The summed E-state index contributed by atoms with van der Waals surface area (Å²) in [5.41, 5.74) is 1.35. The minimum atomic E-state index is -4.58. The SMILES string of the molecule is CC(=O)N1CCCC1Cn1cc2c(n1)N(Cc1ccccc1C(F)(F)F)C(=O)N(C1CCN(c3c(C)cccc3F)CC1)C2. The first kappa shape index (κ1) is 30.0. The van der Waals surface area contributed by atoms with Crippen LogP contribution in [0, 0.1) is 12.7 Å². The topological polar surface area (TPSA) is 64.9 Å². The molecular weight excluding hydrogens is 576 g/mol. The normalized spacial score (nSPS) is 19.6. The molecule has 2 saturated heterocycles. The van der Waals surface area contributed by atoms with Gasteiger partial charge in [-0.1, -0.05) is 30.3 Å². The zero-order chi connectivity index (χ0) is 31.2. The first-order valence-corrected chi connectivity index (χ1v) is 15.1. The van der Waals surface area contributed by atoms with Crippen LogP contribution in [-0.4, -0.2) is 63.2 Å². The van der Waals surface area contributed by atoms with Crippen LogP contribution in [0.3, 0.4) is 0 Å². The number of para-hydroxylation sites is 1. The molecule has 0 aliphatic carbocycles. The summed E-state index contributed by atoms with van der Waals surface area (Å²) in [7, 11) is 0. The van der Waals surface area contributed by atoms with Gasteiger partial charge in [-0.15, -0.1) is 0 Å². The van der Waals surface area contributed by atoms with Crippen molar-refractivity contribution in [3.63, 3.8) is 0 Å². The van der Waals surface area contributed by atoms with Crippen molar-refractivity contribution in [2.45, 2.75) is 77.4 Å². The predicted octanol–water partition coefficient (Wildman–Crippen LogP) is 5.97. The molecule has 2 aromatic carbocycles. The van der Waals surface area contributed by atoms with Gasteiger partial charge < -0.3 is 14.7 Å². The number of amides is 3. The first-order chi connectivity index (χ1) is 21.0. The molecule has 3 aliphatic rings. The molecule has 0 N–H and O–H groups in total. The molecule has 4 heterocycles. The van der Waals surface area contributed by atoms with Crippen LogP contribution in [0.4, 0.5) is 33.9 Å². The van der Waals surface area contributed by atoms with Crippen LogP contribution in [0.5, 0.6) is 0 Å². The van der Waals surface area contributed by atoms with Gasteiger partial charge in [0, 0.05) is 44.4 Å². The fourth-order valence-electron chi connectivity index (χ4n) is 7.00. The lowest BCUT2D eigenvalue weighted by atomic mass is 10.00. The maximum Gasteiger partial charge on any atom is 0.416 e. The Kier molecular flexibility index (Phi) is 8.02. The summed E-state index contributed by atoms with van der Waals surface area (Å²) in [6.45, 7) is 5.61. The fraction of sp³-hybridized carbons (Fsp3) is 0.469. The number of urea groups is 1. The van der Waals surface area contributed by atoms with Gasteiger partial charge in [0.2, 0.25) is 5.91 Å². The summed E-state index contributed by atoms with van der Waals surface area (Å²) < 4.78 is 58.2. The van der Waals surface area contributed by atoms with Gasteiger partial charge in [0.25, 0.3) is 0 Å². The van der Waals surface area contributed by atoms with Crippen molar-refractivity contribution in [2.24, 2.45) is 0 Å². The van der Waals surface area contributed by atoms with E-state index in [1.165, 1.54) is 29.2 Å². The standard InChI is InChI=1S/C32H36F4N6O2/c1-21-7-5-11-28(33)29(21)38-15-12-25(13-16-38)41-19-24-17-39(20-26-9-6-14-40(26)22(2)43)37-30(24)42(31(41)44)18-23-8-3-4-10-27(23)32(34,35)36/h3-5,7-8,10-11,17,25-26H,6,9,12-16,18-20H2,1-2H3. The molecule has 6 rings (SSSR count). The Hall–Kier alpha value is -4.09. The molecule has 8 nitrogen and oxygen atoms in total. The van der Waals surface area contributed by atoms with E-state index in [2.05, 4.69) is 0 Å². The number of halogens is 4. The van der Waals surface area contributed by atoms with Crippen LogP contribution in [0.15, 0.2) is 48.7 Å². The van der Waals surface area contributed by atoms with E-state index in [0.29, 0.717) is 50.5 Å². The summed E-state index contributed by atoms with van der Waals surface area (Å²) in [6, 6.07) is 9.68. The molecule has 0 saturated carbocycles. The minimum absolute atomic E-state index is 0.00641. The van der Waals surface area contributed by atoms with Crippen LogP contribution >= 0.6 is 0 Å². The number of carbonyl (C=O) groups is 2. The summed E-state index contributed by atoms with van der Waals surface area (Å²) in [6.07, 6.45) is 0.178. The highest BCUT2D eigenvalue weighted by Gasteiger charge is 2.40. The summed E-state index contributed by atoms with van der Waals surface area (Å²) in [4.78, 5) is 33.1. The van der Waals surface area contributed by atoms with Crippen molar-refractivity contribution in [3.05, 3.63) is 76.7 Å². The van der Waals surface area contributed by atoms with Crippen molar-refractivity contribution in [3.8, 4) is 0 Å². The molecule has 0 spiro atoms. The molecule has 0 bridgehead atoms. The Morgan fingerprint density at radius 2 is 1.77 bits per heavy atom. The molecule has 2 fully saturated rings. The van der Waals surface area contributed by atoms with Crippen molar-refractivity contribution in [1.82, 2.24) is 19.6 Å². The Balaban J connectivity index is 1.28. The van der Waals surface area contributed by atoms with Gasteiger partial charge in [-0.3, -0.25) is 14.4 Å². The minimum Gasteiger partial charge on any atom is -0.369 e. The highest BCUT2D eigenvalue weighted by atomic mass is 19.4. The lowest BCUT2D eigenvalue weighted by Crippen LogP contribution is -2.54. The number of hydrogen-bond acceptors (Lipinski definition) is 4. The Morgan fingerprint density at radius 3 is 2.48 bits per heavy atom. The predicted molar refractivity (Wildman–Crippen MR) is 158 cm³/mol. The number of nitrogens with zero attached hydrogens (tertiary/aromatic N) is 6. The van der Waals surface area contributed by atoms with E-state index in [1.54, 1.807) is 22.6 Å². The number of likely N-dealkylation sites (tertiary alicyclic amines) is 1. The fourth-order valence-corrected chi connectivity index (χ4v) is 7.00. The van der Waals surface area contributed by atoms with Crippen LogP contribution in [0.1, 0.15) is 54.9 Å². The lowest BCUT2D eigenvalue weighted by Gasteiger charge is -2.43. The zero-order valence-electron chi connectivity index (χ0n) is 24.9. The molecule has 1 atom stereocenters. The summed E-state index contributed by atoms with van der Waals surface area (Å²) >= 11 is 0. The van der Waals surface area contributed by atoms with E-state index >= 15 is 0 Å². The van der Waals surface area contributed by atoms with Gasteiger partial charge in [0.05, 0.1) is 36.9 Å². The lowest BCUT2D eigenvalue weighted by molar-refractivity contribution is -0.138. The monoisotopic (exact) mass is 612 g/mol. The van der Waals surface area contributed by atoms with Gasteiger partial charge in [-0.2, -0.15) is 18.3 Å². The van der Waals surface area contributed by atoms with E-state index in [-0.39, 0.29) is 42.5 Å². The van der Waals surface area contributed by atoms with Crippen LogP contribution in [0.25, 0.3) is 0 Å².